The molecule has 0 N–H and O–H groups in total. The van der Waals surface area contributed by atoms with Crippen molar-refractivity contribution in [1.29, 1.82) is 0 Å². The summed E-state index contributed by atoms with van der Waals surface area (Å²) in [6.07, 6.45) is 1.59. The number of fused-ring (bicyclic) bond motifs is 4. The number of carbonyl (C=O) groups is 1. The largest absolute Gasteiger partial charge is 0.475 e. The normalized spacial score (nSPS) is 46.6. The van der Waals surface area contributed by atoms with Crippen molar-refractivity contribution in [1.82, 2.24) is 0 Å². The third kappa shape index (κ3) is 8.40. The van der Waals surface area contributed by atoms with Gasteiger partial charge in [0.05, 0.1) is 6.61 Å². The molecule has 0 radical (unpaired) electrons. The number of esters is 1. The van der Waals surface area contributed by atoms with Gasteiger partial charge in [-0.1, -0.05) is 27.4 Å². The Balaban J connectivity index is 1.82. The minimum absolute atomic E-state index is 0.163. The zero-order valence-electron chi connectivity index (χ0n) is 27.2. The quantitative estimate of drug-likeness (QED) is 0.134. The zero-order valence-corrected chi connectivity index (χ0v) is 36.2. The van der Waals surface area contributed by atoms with E-state index in [2.05, 4.69) is 27.4 Å². The maximum Gasteiger partial charge on any atom is 0.475 e. The fraction of sp³-hybridized carbons (Fsp3) is 0.850. The minimum Gasteiger partial charge on any atom is -0.463 e. The van der Waals surface area contributed by atoms with Gasteiger partial charge in [-0.25, -0.2) is 4.79 Å². The van der Waals surface area contributed by atoms with Crippen LogP contribution in [0.3, 0.4) is 0 Å². The Labute approximate surface area is 265 Å². The Kier molecular flexibility index (Phi) is 10.4. The lowest BCUT2D eigenvalue weighted by atomic mass is 10.5. The molecule has 43 heavy (non-hydrogen) atoms. The molecule has 4 atom stereocenters. The van der Waals surface area contributed by atoms with Crippen LogP contribution in [0.5, 0.6) is 0 Å². The average Bonchev–Trinajstić information content (AvgIpc) is 2.79. The van der Waals surface area contributed by atoms with Crippen LogP contribution in [-0.2, 0) is 58.9 Å². The molecule has 4 unspecified atom stereocenters. The van der Waals surface area contributed by atoms with E-state index in [4.69, 9.17) is 54.1 Å². The molecule has 0 aromatic carbocycles. The molecule has 248 valence electrons. The molecule has 0 saturated carbocycles. The monoisotopic (exact) mass is 764 g/mol. The van der Waals surface area contributed by atoms with E-state index in [0.29, 0.717) is 12.5 Å². The standard InChI is InChI=1S/C20H48O14Si9/c1-13-20(21)22-18-17-19-35(5)23-36(6)25-38(8)26-37(7,24-35)28-40(10)31-41(11,29-38)30-39(9,27-36)32-42(12,33-40)34-43(14-2,15-3)16-4/h13H,1,14-19H2,2-12H3. The summed E-state index contributed by atoms with van der Waals surface area (Å²) in [5.41, 5.74) is 0. The van der Waals surface area contributed by atoms with Gasteiger partial charge in [0.25, 0.3) is 0 Å². The molecule has 0 aromatic rings. The highest BCUT2D eigenvalue weighted by molar-refractivity contribution is 7.00. The van der Waals surface area contributed by atoms with E-state index in [9.17, 15) is 4.79 Å². The van der Waals surface area contributed by atoms with Crippen molar-refractivity contribution in [2.75, 3.05) is 6.61 Å². The number of rotatable bonds is 10. The average molecular weight is 765 g/mol. The summed E-state index contributed by atoms with van der Waals surface area (Å²) in [5.74, 6) is -0.497. The molecule has 4 aliphatic rings. The van der Waals surface area contributed by atoms with Crippen molar-refractivity contribution < 1.29 is 58.9 Å². The maximum absolute atomic E-state index is 11.6. The van der Waals surface area contributed by atoms with Crippen molar-refractivity contribution in [2.45, 2.75) is 104 Å². The molecule has 4 rings (SSSR count). The van der Waals surface area contributed by atoms with Gasteiger partial charge >= 0.3 is 76.2 Å². The SMILES string of the molecule is C=CC(=O)OCCC[Si]1(C)O[Si]2(C)O[Si]3(C)O[Si](C)(O[Si](CC)(CC)CC)O[Si]4(C)O[Si](C)(O1)O[Si](C)(O2)O[Si](C)(O3)O4. The molecular weight excluding hydrogens is 717 g/mol. The van der Waals surface area contributed by atoms with Crippen LogP contribution < -0.4 is 0 Å². The van der Waals surface area contributed by atoms with Gasteiger partial charge in [-0.15, -0.1) is 0 Å². The first-order valence-electron chi connectivity index (χ1n) is 14.8. The number of ether oxygens (including phenoxy) is 1. The first-order valence-corrected chi connectivity index (χ1v) is 35.5. The highest BCUT2D eigenvalue weighted by Crippen LogP contribution is 2.46. The molecular formula is C20H48O14Si9. The fourth-order valence-corrected chi connectivity index (χ4v) is 56.8. The molecule has 4 heterocycles. The molecule has 4 fully saturated rings. The second-order valence-electron chi connectivity index (χ2n) is 12.1. The predicted molar refractivity (Wildman–Crippen MR) is 174 cm³/mol. The Hall–Kier alpha value is 0.682. The van der Waals surface area contributed by atoms with Crippen molar-refractivity contribution in [2.24, 2.45) is 0 Å². The number of carbonyl (C=O) groups excluding carboxylic acids is 1. The van der Waals surface area contributed by atoms with Gasteiger partial charge in [-0.3, -0.25) is 0 Å². The Morgan fingerprint density at radius 1 is 0.628 bits per heavy atom. The third-order valence-corrected chi connectivity index (χ3v) is 49.1. The van der Waals surface area contributed by atoms with E-state index in [0.717, 1.165) is 24.2 Å². The molecule has 23 heteroatoms. The minimum atomic E-state index is -3.72. The van der Waals surface area contributed by atoms with Crippen LogP contribution in [0.15, 0.2) is 12.7 Å². The second-order valence-corrected chi connectivity index (χ2v) is 41.2. The summed E-state index contributed by atoms with van der Waals surface area (Å²) < 4.78 is 87.1. The molecule has 4 saturated heterocycles. The van der Waals surface area contributed by atoms with Crippen molar-refractivity contribution in [3.8, 4) is 0 Å². The lowest BCUT2D eigenvalue weighted by molar-refractivity contribution is -0.137. The lowest BCUT2D eigenvalue weighted by Gasteiger charge is -2.58. The van der Waals surface area contributed by atoms with Gasteiger partial charge in [0.1, 0.15) is 0 Å². The molecule has 0 amide bonds. The van der Waals surface area contributed by atoms with Crippen LogP contribution in [0.4, 0.5) is 0 Å². The summed E-state index contributed by atoms with van der Waals surface area (Å²) in [6, 6.07) is 3.09. The van der Waals surface area contributed by atoms with Crippen molar-refractivity contribution >= 4 is 84.5 Å². The van der Waals surface area contributed by atoms with Crippen LogP contribution >= 0.6 is 0 Å². The first kappa shape index (κ1) is 36.5. The number of hydrogen-bond donors (Lipinski definition) is 0. The maximum atomic E-state index is 11.6. The van der Waals surface area contributed by atoms with Crippen LogP contribution in [0.1, 0.15) is 27.2 Å². The summed E-state index contributed by atoms with van der Waals surface area (Å²) in [7, 11) is -31.0. The topological polar surface area (TPSA) is 137 Å². The van der Waals surface area contributed by atoms with Crippen LogP contribution in [-0.4, -0.2) is 91.1 Å². The first-order chi connectivity index (χ1) is 19.6. The van der Waals surface area contributed by atoms with E-state index in [1.54, 1.807) is 39.3 Å². The van der Waals surface area contributed by atoms with Crippen LogP contribution in [0.2, 0.25) is 76.6 Å². The zero-order chi connectivity index (χ0) is 32.2. The van der Waals surface area contributed by atoms with E-state index in [-0.39, 0.29) is 6.61 Å². The molecule has 14 nitrogen and oxygen atoms in total. The van der Waals surface area contributed by atoms with E-state index in [1.165, 1.54) is 0 Å². The highest BCUT2D eigenvalue weighted by Gasteiger charge is 2.75. The van der Waals surface area contributed by atoms with Gasteiger partial charge in [-0.2, -0.15) is 0 Å². The Bertz CT molecular complexity index is 1040. The van der Waals surface area contributed by atoms with Crippen LogP contribution in [0, 0.1) is 0 Å². The number of hydrogen-bond acceptors (Lipinski definition) is 14. The van der Waals surface area contributed by atoms with E-state index >= 15 is 0 Å². The Morgan fingerprint density at radius 3 is 1.33 bits per heavy atom. The molecule has 0 spiro atoms. The third-order valence-electron chi connectivity index (χ3n) is 7.66. The summed E-state index contributed by atoms with van der Waals surface area (Å²) in [5, 5.41) is 0. The van der Waals surface area contributed by atoms with Gasteiger partial charge in [0.2, 0.25) is 0 Å². The Morgan fingerprint density at radius 2 is 0.977 bits per heavy atom. The van der Waals surface area contributed by atoms with Gasteiger partial charge < -0.3 is 54.1 Å². The van der Waals surface area contributed by atoms with E-state index in [1.807, 2.05) is 13.1 Å². The summed E-state index contributed by atoms with van der Waals surface area (Å²) in [6.45, 7) is 24.5. The van der Waals surface area contributed by atoms with Crippen LogP contribution in [0.25, 0.3) is 0 Å². The molecule has 0 aliphatic carbocycles. The van der Waals surface area contributed by atoms with Gasteiger partial charge in [-0.05, 0) is 37.1 Å². The fourth-order valence-electron chi connectivity index (χ4n) is 6.36. The smallest absolute Gasteiger partial charge is 0.463 e. The van der Waals surface area contributed by atoms with E-state index < -0.39 is 84.5 Å². The summed E-state index contributed by atoms with van der Waals surface area (Å²) in [4.78, 5) is 11.6. The predicted octanol–water partition coefficient (Wildman–Crippen LogP) is 4.42. The highest BCUT2D eigenvalue weighted by atomic mass is 28.6. The summed E-state index contributed by atoms with van der Waals surface area (Å²) >= 11 is 0. The van der Waals surface area contributed by atoms with Gasteiger partial charge in [0.15, 0.2) is 8.32 Å². The second kappa shape index (κ2) is 12.3. The molecule has 6 bridgehead atoms. The van der Waals surface area contributed by atoms with Gasteiger partial charge in [0, 0.05) is 51.9 Å². The van der Waals surface area contributed by atoms with Crippen molar-refractivity contribution in [3.05, 3.63) is 12.7 Å². The molecule has 0 aromatic heterocycles. The lowest BCUT2D eigenvalue weighted by Crippen LogP contribution is -2.83. The van der Waals surface area contributed by atoms with Crippen molar-refractivity contribution in [3.63, 3.8) is 0 Å². The molecule has 4 aliphatic heterocycles.